The highest BCUT2D eigenvalue weighted by molar-refractivity contribution is 9.10. The molecule has 108 valence electrons. The highest BCUT2D eigenvalue weighted by Gasteiger charge is 2.09. The van der Waals surface area contributed by atoms with Crippen LogP contribution in [0.1, 0.15) is 46.0 Å². The van der Waals surface area contributed by atoms with Gasteiger partial charge in [0, 0.05) is 21.2 Å². The molecule has 0 aromatic heterocycles. The molecule has 1 atom stereocenters. The Hall–Kier alpha value is 0.01000. The molecule has 19 heavy (non-hydrogen) atoms. The van der Waals surface area contributed by atoms with Crippen LogP contribution in [0.25, 0.3) is 0 Å². The van der Waals surface area contributed by atoms with Gasteiger partial charge in [0.25, 0.3) is 0 Å². The van der Waals surface area contributed by atoms with Gasteiger partial charge in [-0.2, -0.15) is 0 Å². The minimum Gasteiger partial charge on any atom is -0.313 e. The summed E-state index contributed by atoms with van der Waals surface area (Å²) in [4.78, 5) is 1.35. The molecule has 1 nitrogen and oxygen atoms in total. The maximum Gasteiger partial charge on any atom is 0.0311 e. The molecule has 0 bridgehead atoms. The van der Waals surface area contributed by atoms with E-state index in [0.717, 1.165) is 12.3 Å². The van der Waals surface area contributed by atoms with E-state index in [1.807, 2.05) is 11.8 Å². The van der Waals surface area contributed by atoms with Gasteiger partial charge in [-0.25, -0.2) is 0 Å². The van der Waals surface area contributed by atoms with Crippen molar-refractivity contribution in [2.75, 3.05) is 12.3 Å². The number of unbranched alkanes of at least 4 members (excludes halogenated alkanes) is 2. The fourth-order valence-corrected chi connectivity index (χ4v) is 3.66. The second-order valence-electron chi connectivity index (χ2n) is 4.89. The fraction of sp³-hybridized carbons (Fsp3) is 0.625. The summed E-state index contributed by atoms with van der Waals surface area (Å²) in [5.41, 5.74) is 0. The standard InChI is InChI=1S/C16H26BrNS/c1-3-5-6-9-14(18-12-4-2)13-19-16-11-8-7-10-15(16)17/h7-8,10-11,14,18H,3-6,9,12-13H2,1-2H3. The van der Waals surface area contributed by atoms with Crippen molar-refractivity contribution in [2.24, 2.45) is 0 Å². The molecule has 1 aromatic rings. The average molecular weight is 344 g/mol. The van der Waals surface area contributed by atoms with Crippen LogP contribution in [0, 0.1) is 0 Å². The number of rotatable bonds is 10. The van der Waals surface area contributed by atoms with Gasteiger partial charge in [0.2, 0.25) is 0 Å². The molecule has 3 heteroatoms. The summed E-state index contributed by atoms with van der Waals surface area (Å²) in [6, 6.07) is 9.13. The van der Waals surface area contributed by atoms with Gasteiger partial charge in [-0.3, -0.25) is 0 Å². The third-order valence-electron chi connectivity index (χ3n) is 3.12. The van der Waals surface area contributed by atoms with E-state index in [-0.39, 0.29) is 0 Å². The molecule has 0 saturated heterocycles. The minimum absolute atomic E-state index is 0.642. The molecular formula is C16H26BrNS. The zero-order valence-corrected chi connectivity index (χ0v) is 14.5. The van der Waals surface area contributed by atoms with Crippen LogP contribution in [-0.2, 0) is 0 Å². The van der Waals surface area contributed by atoms with Gasteiger partial charge in [0.05, 0.1) is 0 Å². The van der Waals surface area contributed by atoms with Crippen LogP contribution in [0.5, 0.6) is 0 Å². The maximum absolute atomic E-state index is 3.68. The maximum atomic E-state index is 3.68. The molecule has 0 spiro atoms. The first-order chi connectivity index (χ1) is 9.27. The van der Waals surface area contributed by atoms with E-state index < -0.39 is 0 Å². The van der Waals surface area contributed by atoms with Crippen molar-refractivity contribution in [3.8, 4) is 0 Å². The highest BCUT2D eigenvalue weighted by Crippen LogP contribution is 2.28. The van der Waals surface area contributed by atoms with Crippen LogP contribution in [-0.4, -0.2) is 18.3 Å². The summed E-state index contributed by atoms with van der Waals surface area (Å²) >= 11 is 5.58. The van der Waals surface area contributed by atoms with E-state index in [1.165, 1.54) is 41.5 Å². The quantitative estimate of drug-likeness (QED) is 0.445. The van der Waals surface area contributed by atoms with Crippen molar-refractivity contribution in [2.45, 2.75) is 56.9 Å². The van der Waals surface area contributed by atoms with E-state index in [1.54, 1.807) is 0 Å². The second kappa shape index (κ2) is 10.8. The zero-order chi connectivity index (χ0) is 13.9. The van der Waals surface area contributed by atoms with Gasteiger partial charge in [-0.05, 0) is 47.4 Å². The van der Waals surface area contributed by atoms with E-state index in [0.29, 0.717) is 6.04 Å². The predicted octanol–water partition coefficient (Wildman–Crippen LogP) is 5.49. The highest BCUT2D eigenvalue weighted by atomic mass is 79.9. The summed E-state index contributed by atoms with van der Waals surface area (Å²) in [7, 11) is 0. The van der Waals surface area contributed by atoms with Crippen LogP contribution in [0.4, 0.5) is 0 Å². The lowest BCUT2D eigenvalue weighted by Crippen LogP contribution is -2.31. The number of halogens is 1. The average Bonchev–Trinajstić information content (AvgIpc) is 2.43. The third kappa shape index (κ3) is 7.38. The third-order valence-corrected chi connectivity index (χ3v) is 5.31. The summed E-state index contributed by atoms with van der Waals surface area (Å²) in [5, 5.41) is 3.68. The summed E-state index contributed by atoms with van der Waals surface area (Å²) in [6.45, 7) is 5.63. The molecule has 0 radical (unpaired) electrons. The van der Waals surface area contributed by atoms with Crippen molar-refractivity contribution >= 4 is 27.7 Å². The SMILES string of the molecule is CCCCCC(CSc1ccccc1Br)NCCC. The Bertz CT molecular complexity index is 343. The Balaban J connectivity index is 2.40. The number of benzene rings is 1. The Morgan fingerprint density at radius 1 is 1.16 bits per heavy atom. The molecular weight excluding hydrogens is 318 g/mol. The van der Waals surface area contributed by atoms with Crippen LogP contribution in [0.3, 0.4) is 0 Å². The normalized spacial score (nSPS) is 12.6. The molecule has 1 N–H and O–H groups in total. The summed E-state index contributed by atoms with van der Waals surface area (Å²) < 4.78 is 1.21. The first kappa shape index (κ1) is 17.1. The van der Waals surface area contributed by atoms with E-state index in [4.69, 9.17) is 0 Å². The minimum atomic E-state index is 0.642. The lowest BCUT2D eigenvalue weighted by Gasteiger charge is -2.18. The summed E-state index contributed by atoms with van der Waals surface area (Å²) in [6.07, 6.45) is 6.51. The van der Waals surface area contributed by atoms with Crippen molar-refractivity contribution in [1.82, 2.24) is 5.32 Å². The fourth-order valence-electron chi connectivity index (χ4n) is 1.99. The van der Waals surface area contributed by atoms with Gasteiger partial charge in [0.15, 0.2) is 0 Å². The molecule has 0 aliphatic rings. The molecule has 1 rings (SSSR count). The van der Waals surface area contributed by atoms with Gasteiger partial charge in [0.1, 0.15) is 0 Å². The smallest absolute Gasteiger partial charge is 0.0311 e. The molecule has 1 unspecified atom stereocenters. The predicted molar refractivity (Wildman–Crippen MR) is 91.1 cm³/mol. The largest absolute Gasteiger partial charge is 0.313 e. The Kier molecular flexibility index (Phi) is 9.66. The van der Waals surface area contributed by atoms with E-state index in [9.17, 15) is 0 Å². The first-order valence-electron chi connectivity index (χ1n) is 7.38. The molecule has 0 aliphatic heterocycles. The van der Waals surface area contributed by atoms with Gasteiger partial charge < -0.3 is 5.32 Å². The summed E-state index contributed by atoms with van der Waals surface area (Å²) in [5.74, 6) is 1.16. The van der Waals surface area contributed by atoms with Gasteiger partial charge >= 0.3 is 0 Å². The molecule has 0 saturated carbocycles. The molecule has 0 aliphatic carbocycles. The van der Waals surface area contributed by atoms with Crippen molar-refractivity contribution in [3.63, 3.8) is 0 Å². The van der Waals surface area contributed by atoms with E-state index >= 15 is 0 Å². The zero-order valence-electron chi connectivity index (χ0n) is 12.1. The Labute approximate surface area is 131 Å². The Morgan fingerprint density at radius 2 is 1.95 bits per heavy atom. The van der Waals surface area contributed by atoms with Crippen molar-refractivity contribution in [1.29, 1.82) is 0 Å². The van der Waals surface area contributed by atoms with Gasteiger partial charge in [-0.1, -0.05) is 45.2 Å². The molecule has 0 fully saturated rings. The number of hydrogen-bond acceptors (Lipinski definition) is 2. The topological polar surface area (TPSA) is 12.0 Å². The molecule has 1 aromatic carbocycles. The lowest BCUT2D eigenvalue weighted by molar-refractivity contribution is 0.493. The van der Waals surface area contributed by atoms with Crippen molar-refractivity contribution in [3.05, 3.63) is 28.7 Å². The van der Waals surface area contributed by atoms with Crippen LogP contribution < -0.4 is 5.32 Å². The molecule has 0 amide bonds. The van der Waals surface area contributed by atoms with Crippen LogP contribution in [0.2, 0.25) is 0 Å². The first-order valence-corrected chi connectivity index (χ1v) is 9.16. The number of hydrogen-bond donors (Lipinski definition) is 1. The van der Waals surface area contributed by atoms with Crippen LogP contribution in [0.15, 0.2) is 33.6 Å². The second-order valence-corrected chi connectivity index (χ2v) is 6.80. The monoisotopic (exact) mass is 343 g/mol. The Morgan fingerprint density at radius 3 is 2.63 bits per heavy atom. The number of thioether (sulfide) groups is 1. The lowest BCUT2D eigenvalue weighted by atomic mass is 10.1. The van der Waals surface area contributed by atoms with Gasteiger partial charge in [-0.15, -0.1) is 11.8 Å². The number of nitrogens with one attached hydrogen (secondary N) is 1. The van der Waals surface area contributed by atoms with E-state index in [2.05, 4.69) is 59.4 Å². The molecule has 0 heterocycles. The van der Waals surface area contributed by atoms with Crippen molar-refractivity contribution < 1.29 is 0 Å². The van der Waals surface area contributed by atoms with Crippen LogP contribution >= 0.6 is 27.7 Å².